The standard InChI is InChI=1S/C22H25ClN4O2S/c1-4-27-20(13-29-19-7-5-6-15(2)16(19)3)25-26-22(27)30-14-21(28)24-12-17-8-10-18(23)11-9-17/h5-11H,4,12-14H2,1-3H3,(H,24,28). The minimum absolute atomic E-state index is 0.0613. The van der Waals surface area contributed by atoms with Gasteiger partial charge in [0.1, 0.15) is 12.4 Å². The van der Waals surface area contributed by atoms with Gasteiger partial charge in [-0.1, -0.05) is 47.6 Å². The Labute approximate surface area is 186 Å². The molecule has 0 saturated carbocycles. The zero-order valence-electron chi connectivity index (χ0n) is 17.3. The Bertz CT molecular complexity index is 1000. The maximum absolute atomic E-state index is 12.2. The number of nitrogens with one attached hydrogen (secondary N) is 1. The Kier molecular flexibility index (Phi) is 7.76. The van der Waals surface area contributed by atoms with E-state index in [2.05, 4.69) is 28.5 Å². The molecule has 6 nitrogen and oxygen atoms in total. The molecule has 2 aromatic carbocycles. The smallest absolute Gasteiger partial charge is 0.230 e. The Morgan fingerprint density at radius 3 is 2.67 bits per heavy atom. The number of thioether (sulfide) groups is 1. The van der Waals surface area contributed by atoms with E-state index in [1.165, 1.54) is 17.3 Å². The van der Waals surface area contributed by atoms with Crippen LogP contribution in [0.1, 0.15) is 29.4 Å². The van der Waals surface area contributed by atoms with Gasteiger partial charge >= 0.3 is 0 Å². The third-order valence-corrected chi connectivity index (χ3v) is 5.98. The number of benzene rings is 2. The molecule has 0 fully saturated rings. The van der Waals surface area contributed by atoms with Gasteiger partial charge in [0.05, 0.1) is 5.75 Å². The Balaban J connectivity index is 1.54. The van der Waals surface area contributed by atoms with Gasteiger partial charge in [-0.25, -0.2) is 0 Å². The van der Waals surface area contributed by atoms with E-state index in [-0.39, 0.29) is 11.7 Å². The minimum atomic E-state index is -0.0613. The number of rotatable bonds is 9. The number of ether oxygens (including phenoxy) is 1. The summed E-state index contributed by atoms with van der Waals surface area (Å²) in [5.74, 6) is 1.79. The highest BCUT2D eigenvalue weighted by molar-refractivity contribution is 7.99. The van der Waals surface area contributed by atoms with Crippen LogP contribution in [0.5, 0.6) is 5.75 Å². The number of carbonyl (C=O) groups excluding carboxylic acids is 1. The maximum atomic E-state index is 12.2. The lowest BCUT2D eigenvalue weighted by Crippen LogP contribution is -2.24. The molecule has 3 rings (SSSR count). The fourth-order valence-electron chi connectivity index (χ4n) is 2.86. The van der Waals surface area contributed by atoms with Crippen LogP contribution >= 0.6 is 23.4 Å². The topological polar surface area (TPSA) is 69.0 Å². The zero-order valence-corrected chi connectivity index (χ0v) is 18.9. The molecule has 30 heavy (non-hydrogen) atoms. The van der Waals surface area contributed by atoms with Gasteiger partial charge in [-0.05, 0) is 55.7 Å². The molecule has 0 unspecified atom stereocenters. The second-order valence-corrected chi connectivity index (χ2v) is 8.20. The highest BCUT2D eigenvalue weighted by Crippen LogP contribution is 2.23. The van der Waals surface area contributed by atoms with Gasteiger partial charge < -0.3 is 14.6 Å². The summed E-state index contributed by atoms with van der Waals surface area (Å²) < 4.78 is 7.93. The van der Waals surface area contributed by atoms with Crippen molar-refractivity contribution in [1.29, 1.82) is 0 Å². The monoisotopic (exact) mass is 444 g/mol. The molecular weight excluding hydrogens is 420 g/mol. The summed E-state index contributed by atoms with van der Waals surface area (Å²) in [7, 11) is 0. The van der Waals surface area contributed by atoms with Crippen LogP contribution < -0.4 is 10.1 Å². The predicted molar refractivity (Wildman–Crippen MR) is 120 cm³/mol. The molecule has 1 heterocycles. The summed E-state index contributed by atoms with van der Waals surface area (Å²) in [6.45, 7) is 7.62. The van der Waals surface area contributed by atoms with E-state index in [0.29, 0.717) is 29.9 Å². The van der Waals surface area contributed by atoms with Crippen molar-refractivity contribution in [2.45, 2.75) is 45.6 Å². The van der Waals surface area contributed by atoms with Crippen LogP contribution in [0, 0.1) is 13.8 Å². The van der Waals surface area contributed by atoms with E-state index in [9.17, 15) is 4.79 Å². The lowest BCUT2D eigenvalue weighted by Gasteiger charge is -2.11. The summed E-state index contributed by atoms with van der Waals surface area (Å²) in [6.07, 6.45) is 0. The summed E-state index contributed by atoms with van der Waals surface area (Å²) in [5.41, 5.74) is 3.30. The average molecular weight is 445 g/mol. The first-order valence-electron chi connectivity index (χ1n) is 9.73. The lowest BCUT2D eigenvalue weighted by atomic mass is 10.1. The number of aromatic nitrogens is 3. The Morgan fingerprint density at radius 1 is 1.17 bits per heavy atom. The van der Waals surface area contributed by atoms with Crippen molar-refractivity contribution in [1.82, 2.24) is 20.1 Å². The van der Waals surface area contributed by atoms with Crippen molar-refractivity contribution in [2.24, 2.45) is 0 Å². The zero-order chi connectivity index (χ0) is 21.5. The number of hydrogen-bond acceptors (Lipinski definition) is 5. The third-order valence-electron chi connectivity index (χ3n) is 4.76. The molecule has 0 atom stereocenters. The second-order valence-electron chi connectivity index (χ2n) is 6.82. The van der Waals surface area contributed by atoms with Crippen LogP contribution in [0.15, 0.2) is 47.6 Å². The molecule has 0 bridgehead atoms. The molecule has 0 saturated heterocycles. The molecule has 1 aromatic heterocycles. The highest BCUT2D eigenvalue weighted by atomic mass is 35.5. The number of nitrogens with zero attached hydrogens (tertiary/aromatic N) is 3. The van der Waals surface area contributed by atoms with Gasteiger partial charge in [0.2, 0.25) is 5.91 Å². The second kappa shape index (κ2) is 10.5. The molecule has 0 aliphatic carbocycles. The molecule has 1 N–H and O–H groups in total. The summed E-state index contributed by atoms with van der Waals surface area (Å²) in [4.78, 5) is 12.2. The molecule has 0 aliphatic rings. The van der Waals surface area contributed by atoms with Gasteiger partial charge in [0, 0.05) is 18.1 Å². The van der Waals surface area contributed by atoms with Crippen LogP contribution in [-0.4, -0.2) is 26.4 Å². The van der Waals surface area contributed by atoms with Crippen LogP contribution in [0.3, 0.4) is 0 Å². The van der Waals surface area contributed by atoms with Gasteiger partial charge in [0.25, 0.3) is 0 Å². The van der Waals surface area contributed by atoms with E-state index < -0.39 is 0 Å². The van der Waals surface area contributed by atoms with Crippen molar-refractivity contribution in [3.05, 3.63) is 70.0 Å². The number of hydrogen-bond donors (Lipinski definition) is 1. The summed E-state index contributed by atoms with van der Waals surface area (Å²) in [5, 5.41) is 12.8. The van der Waals surface area contributed by atoms with Crippen molar-refractivity contribution in [3.8, 4) is 5.75 Å². The van der Waals surface area contributed by atoms with Crippen LogP contribution in [0.4, 0.5) is 0 Å². The van der Waals surface area contributed by atoms with E-state index >= 15 is 0 Å². The highest BCUT2D eigenvalue weighted by Gasteiger charge is 2.14. The number of aryl methyl sites for hydroxylation is 1. The molecule has 0 radical (unpaired) electrons. The van der Waals surface area contributed by atoms with E-state index in [0.717, 1.165) is 22.7 Å². The third kappa shape index (κ3) is 5.77. The normalized spacial score (nSPS) is 10.8. The van der Waals surface area contributed by atoms with Gasteiger partial charge in [-0.2, -0.15) is 0 Å². The first kappa shape index (κ1) is 22.2. The van der Waals surface area contributed by atoms with E-state index in [1.807, 2.05) is 54.8 Å². The van der Waals surface area contributed by atoms with E-state index in [1.54, 1.807) is 0 Å². The van der Waals surface area contributed by atoms with Crippen molar-refractivity contribution in [2.75, 3.05) is 5.75 Å². The fraction of sp³-hybridized carbons (Fsp3) is 0.318. The molecule has 8 heteroatoms. The van der Waals surface area contributed by atoms with Crippen LogP contribution in [-0.2, 0) is 24.5 Å². The number of halogens is 1. The molecule has 1 amide bonds. The largest absolute Gasteiger partial charge is 0.485 e. The first-order valence-corrected chi connectivity index (χ1v) is 11.1. The quantitative estimate of drug-likeness (QED) is 0.490. The minimum Gasteiger partial charge on any atom is -0.485 e. The average Bonchev–Trinajstić information content (AvgIpc) is 3.14. The molecular formula is C22H25ClN4O2S. The van der Waals surface area contributed by atoms with Crippen molar-refractivity contribution in [3.63, 3.8) is 0 Å². The molecule has 158 valence electrons. The number of carbonyl (C=O) groups is 1. The summed E-state index contributed by atoms with van der Waals surface area (Å²) in [6, 6.07) is 13.4. The maximum Gasteiger partial charge on any atom is 0.230 e. The molecule has 0 aliphatic heterocycles. The van der Waals surface area contributed by atoms with Gasteiger partial charge in [-0.15, -0.1) is 10.2 Å². The van der Waals surface area contributed by atoms with E-state index in [4.69, 9.17) is 16.3 Å². The lowest BCUT2D eigenvalue weighted by molar-refractivity contribution is -0.118. The van der Waals surface area contributed by atoms with Crippen LogP contribution in [0.2, 0.25) is 5.02 Å². The van der Waals surface area contributed by atoms with Crippen molar-refractivity contribution >= 4 is 29.3 Å². The fourth-order valence-corrected chi connectivity index (χ4v) is 3.83. The van der Waals surface area contributed by atoms with Crippen molar-refractivity contribution < 1.29 is 9.53 Å². The molecule has 0 spiro atoms. The van der Waals surface area contributed by atoms with Gasteiger partial charge in [-0.3, -0.25) is 4.79 Å². The molecule has 3 aromatic rings. The Hall–Kier alpha value is -2.51. The first-order chi connectivity index (χ1) is 14.5. The Morgan fingerprint density at radius 2 is 1.93 bits per heavy atom. The SMILES string of the molecule is CCn1c(COc2cccc(C)c2C)nnc1SCC(=O)NCc1ccc(Cl)cc1. The number of amides is 1. The predicted octanol–water partition coefficient (Wildman–Crippen LogP) is 4.56. The summed E-state index contributed by atoms with van der Waals surface area (Å²) >= 11 is 7.25. The van der Waals surface area contributed by atoms with Gasteiger partial charge in [0.15, 0.2) is 11.0 Å². The van der Waals surface area contributed by atoms with Crippen LogP contribution in [0.25, 0.3) is 0 Å².